The Bertz CT molecular complexity index is 1020. The number of fused-ring (bicyclic) bond motifs is 2. The maximum atomic E-state index is 13.6. The van der Waals surface area contributed by atoms with E-state index in [-0.39, 0.29) is 17.3 Å². The van der Waals surface area contributed by atoms with Gasteiger partial charge >= 0.3 is 5.97 Å². The average molecular weight is 357 g/mol. The van der Waals surface area contributed by atoms with Crippen molar-refractivity contribution in [3.63, 3.8) is 0 Å². The second-order valence-corrected chi connectivity index (χ2v) is 6.22. The average Bonchev–Trinajstić information content (AvgIpc) is 3.14. The van der Waals surface area contributed by atoms with Gasteiger partial charge in [0.2, 0.25) is 5.88 Å². The van der Waals surface area contributed by atoms with Crippen molar-refractivity contribution < 1.29 is 19.0 Å². The molecule has 0 aromatic carbocycles. The van der Waals surface area contributed by atoms with Gasteiger partial charge in [-0.1, -0.05) is 0 Å². The maximum absolute atomic E-state index is 13.6. The lowest BCUT2D eigenvalue weighted by Crippen LogP contribution is -2.29. The van der Waals surface area contributed by atoms with Gasteiger partial charge in [0.15, 0.2) is 5.65 Å². The molecule has 134 valence electrons. The number of ether oxygens (including phenoxy) is 1. The lowest BCUT2D eigenvalue weighted by molar-refractivity contribution is 0.0698. The Kier molecular flexibility index (Phi) is 3.71. The fraction of sp³-hybridized carbons (Fsp3) is 0.294. The fourth-order valence-electron chi connectivity index (χ4n) is 3.30. The zero-order valence-electron chi connectivity index (χ0n) is 14.2. The number of pyridine rings is 1. The molecule has 4 heterocycles. The molecule has 4 rings (SSSR count). The van der Waals surface area contributed by atoms with E-state index >= 15 is 0 Å². The number of carboxylic acid groups (broad SMARTS) is 1. The molecule has 1 aliphatic rings. The monoisotopic (exact) mass is 357 g/mol. The second kappa shape index (κ2) is 5.94. The number of methoxy groups -OCH3 is 1. The van der Waals surface area contributed by atoms with Crippen LogP contribution < -0.4 is 9.64 Å². The first-order valence-electron chi connectivity index (χ1n) is 8.03. The zero-order valence-corrected chi connectivity index (χ0v) is 14.2. The lowest BCUT2D eigenvalue weighted by atomic mass is 10.2. The van der Waals surface area contributed by atoms with Crippen LogP contribution in [0.3, 0.4) is 0 Å². The number of halogens is 1. The van der Waals surface area contributed by atoms with Crippen molar-refractivity contribution in [3.05, 3.63) is 47.2 Å². The summed E-state index contributed by atoms with van der Waals surface area (Å²) in [6.45, 7) is 2.38. The molecule has 3 aromatic heterocycles. The van der Waals surface area contributed by atoms with Crippen LogP contribution in [0.1, 0.15) is 28.4 Å². The Morgan fingerprint density at radius 3 is 3.00 bits per heavy atom. The summed E-state index contributed by atoms with van der Waals surface area (Å²) in [6.07, 6.45) is 4.91. The molecule has 9 heteroatoms. The summed E-state index contributed by atoms with van der Waals surface area (Å²) in [4.78, 5) is 21.8. The molecule has 0 fully saturated rings. The molecule has 3 aromatic rings. The highest BCUT2D eigenvalue weighted by Gasteiger charge is 2.30. The van der Waals surface area contributed by atoms with Gasteiger partial charge in [0.25, 0.3) is 0 Å². The van der Waals surface area contributed by atoms with E-state index in [4.69, 9.17) is 4.74 Å². The van der Waals surface area contributed by atoms with E-state index < -0.39 is 11.8 Å². The molecule has 0 aliphatic carbocycles. The molecule has 26 heavy (non-hydrogen) atoms. The molecule has 0 saturated carbocycles. The topological polar surface area (TPSA) is 92.8 Å². The highest BCUT2D eigenvalue weighted by molar-refractivity contribution is 5.94. The first-order chi connectivity index (χ1) is 12.5. The summed E-state index contributed by atoms with van der Waals surface area (Å²) >= 11 is 0. The number of aromatic nitrogens is 4. The summed E-state index contributed by atoms with van der Waals surface area (Å²) < 4.78 is 20.3. The molecule has 1 N–H and O–H groups in total. The Labute approximate surface area is 147 Å². The normalized spacial score (nSPS) is 16.1. The number of carboxylic acids is 1. The second-order valence-electron chi connectivity index (χ2n) is 6.22. The molecular formula is C17H16FN5O3. The third-order valence-corrected chi connectivity index (χ3v) is 4.52. The molecule has 0 saturated heterocycles. The number of carbonyl (C=O) groups is 1. The van der Waals surface area contributed by atoms with Crippen molar-refractivity contribution in [1.82, 2.24) is 19.6 Å². The van der Waals surface area contributed by atoms with E-state index in [1.54, 1.807) is 6.20 Å². The van der Waals surface area contributed by atoms with Gasteiger partial charge in [-0.3, -0.25) is 0 Å². The quantitative estimate of drug-likeness (QED) is 0.762. The molecule has 0 radical (unpaired) electrons. The number of hydrogen-bond acceptors (Lipinski definition) is 6. The number of rotatable bonds is 4. The van der Waals surface area contributed by atoms with Crippen molar-refractivity contribution in [2.24, 2.45) is 0 Å². The summed E-state index contributed by atoms with van der Waals surface area (Å²) in [7, 11) is 1.48. The molecule has 1 atom stereocenters. The maximum Gasteiger partial charge on any atom is 0.341 e. The molecule has 8 nitrogen and oxygen atoms in total. The van der Waals surface area contributed by atoms with Crippen LogP contribution in [-0.4, -0.2) is 43.8 Å². The number of aromatic carboxylic acids is 1. The van der Waals surface area contributed by atoms with Crippen molar-refractivity contribution in [3.8, 4) is 5.88 Å². The van der Waals surface area contributed by atoms with E-state index in [0.717, 1.165) is 18.2 Å². The van der Waals surface area contributed by atoms with Crippen LogP contribution in [0.4, 0.5) is 10.2 Å². The molecule has 0 bridgehead atoms. The van der Waals surface area contributed by atoms with Gasteiger partial charge in [-0.25, -0.2) is 23.7 Å². The zero-order chi connectivity index (χ0) is 18.4. The van der Waals surface area contributed by atoms with Crippen molar-refractivity contribution >= 4 is 17.4 Å². The van der Waals surface area contributed by atoms with Gasteiger partial charge in [-0.05, 0) is 19.4 Å². The smallest absolute Gasteiger partial charge is 0.341 e. The summed E-state index contributed by atoms with van der Waals surface area (Å²) in [5.74, 6) is -0.510. The largest absolute Gasteiger partial charge is 0.481 e. The summed E-state index contributed by atoms with van der Waals surface area (Å²) in [5.41, 5.74) is 1.87. The Morgan fingerprint density at radius 1 is 1.46 bits per heavy atom. The summed E-state index contributed by atoms with van der Waals surface area (Å²) in [5, 5.41) is 13.4. The van der Waals surface area contributed by atoms with Gasteiger partial charge in [0.1, 0.15) is 17.2 Å². The van der Waals surface area contributed by atoms with Gasteiger partial charge in [0, 0.05) is 23.4 Å². The molecule has 0 unspecified atom stereocenters. The van der Waals surface area contributed by atoms with Crippen molar-refractivity contribution in [2.75, 3.05) is 12.0 Å². The minimum absolute atomic E-state index is 0.0392. The number of nitrogens with zero attached hydrogens (tertiary/aromatic N) is 5. The predicted octanol–water partition coefficient (Wildman–Crippen LogP) is 1.92. The first-order valence-corrected chi connectivity index (χ1v) is 8.03. The Hall–Kier alpha value is -3.23. The third-order valence-electron chi connectivity index (χ3n) is 4.52. The van der Waals surface area contributed by atoms with Crippen LogP contribution in [0, 0.1) is 5.82 Å². The molecule has 0 spiro atoms. The highest BCUT2D eigenvalue weighted by Crippen LogP contribution is 2.33. The highest BCUT2D eigenvalue weighted by atomic mass is 19.1. The van der Waals surface area contributed by atoms with E-state index in [1.165, 1.54) is 23.9 Å². The van der Waals surface area contributed by atoms with Crippen molar-refractivity contribution in [2.45, 2.75) is 25.9 Å². The minimum atomic E-state index is -1.08. The van der Waals surface area contributed by atoms with E-state index in [2.05, 4.69) is 15.1 Å². The lowest BCUT2D eigenvalue weighted by Gasteiger charge is -2.24. The van der Waals surface area contributed by atoms with Gasteiger partial charge in [-0.15, -0.1) is 0 Å². The molecule has 0 amide bonds. The van der Waals surface area contributed by atoms with Crippen LogP contribution in [-0.2, 0) is 13.0 Å². The summed E-state index contributed by atoms with van der Waals surface area (Å²) in [6, 6.07) is 1.49. The van der Waals surface area contributed by atoms with Gasteiger partial charge in [0.05, 0.1) is 26.0 Å². The van der Waals surface area contributed by atoms with E-state index in [9.17, 15) is 14.3 Å². The van der Waals surface area contributed by atoms with Gasteiger partial charge < -0.3 is 14.7 Å². The van der Waals surface area contributed by atoms with E-state index in [0.29, 0.717) is 23.8 Å². The first kappa shape index (κ1) is 16.2. The fourth-order valence-corrected chi connectivity index (χ4v) is 3.30. The molecule has 1 aliphatic heterocycles. The molecular weight excluding hydrogens is 341 g/mol. The Balaban J connectivity index is 1.78. The standard InChI is InChI=1S/C17H16FN5O3/c1-9-3-10-8-23-15(13(6-20-23)17(24)25)21-14(10)22(9)7-11-4-12(18)5-19-16(11)26-2/h4-6,8-9H,3,7H2,1-2H3,(H,24,25)/t9-/m1/s1. The van der Waals surface area contributed by atoms with Crippen LogP contribution in [0.2, 0.25) is 0 Å². The van der Waals surface area contributed by atoms with Crippen molar-refractivity contribution in [1.29, 1.82) is 0 Å². The van der Waals surface area contributed by atoms with Crippen LogP contribution in [0.25, 0.3) is 5.65 Å². The minimum Gasteiger partial charge on any atom is -0.481 e. The third kappa shape index (κ3) is 2.52. The van der Waals surface area contributed by atoms with Crippen LogP contribution >= 0.6 is 0 Å². The van der Waals surface area contributed by atoms with Gasteiger partial charge in [-0.2, -0.15) is 5.10 Å². The van der Waals surface area contributed by atoms with Crippen LogP contribution in [0.5, 0.6) is 5.88 Å². The van der Waals surface area contributed by atoms with E-state index in [1.807, 2.05) is 11.8 Å². The number of hydrogen-bond donors (Lipinski definition) is 1. The number of anilines is 1. The Morgan fingerprint density at radius 2 is 2.27 bits per heavy atom. The van der Waals surface area contributed by atoms with Crippen LogP contribution in [0.15, 0.2) is 24.7 Å². The predicted molar refractivity (Wildman–Crippen MR) is 90.0 cm³/mol. The SMILES string of the molecule is COc1ncc(F)cc1CN1c2nc3c(C(=O)O)cnn3cc2C[C@H]1C.